The summed E-state index contributed by atoms with van der Waals surface area (Å²) in [6, 6.07) is 4.39. The second kappa shape index (κ2) is 13.1. The van der Waals surface area contributed by atoms with E-state index in [2.05, 4.69) is 5.32 Å². The highest BCUT2D eigenvalue weighted by molar-refractivity contribution is 6.30. The van der Waals surface area contributed by atoms with Crippen LogP contribution in [0.15, 0.2) is 48.5 Å². The van der Waals surface area contributed by atoms with Crippen LogP contribution in [0.5, 0.6) is 5.75 Å². The Labute approximate surface area is 231 Å². The van der Waals surface area contributed by atoms with E-state index in [-0.39, 0.29) is 10.6 Å². The van der Waals surface area contributed by atoms with Crippen molar-refractivity contribution in [3.8, 4) is 5.75 Å². The zero-order valence-electron chi connectivity index (χ0n) is 21.7. The molecular formula is C26H27ClF5N3O5. The van der Waals surface area contributed by atoms with Crippen LogP contribution in [-0.2, 0) is 25.1 Å². The topological polar surface area (TPSA) is 114 Å². The molecule has 2 aromatic rings. The minimum atomic E-state index is -5.24. The van der Waals surface area contributed by atoms with Gasteiger partial charge in [0.25, 0.3) is 11.7 Å². The molecule has 0 aliphatic rings. The van der Waals surface area contributed by atoms with Crippen LogP contribution in [0.3, 0.4) is 0 Å². The Hall–Kier alpha value is -3.74. The van der Waals surface area contributed by atoms with Crippen molar-refractivity contribution in [2.24, 2.45) is 5.92 Å². The summed E-state index contributed by atoms with van der Waals surface area (Å²) in [4.78, 5) is 50.2. The van der Waals surface area contributed by atoms with E-state index in [4.69, 9.17) is 16.3 Å². The van der Waals surface area contributed by atoms with E-state index in [1.54, 1.807) is 0 Å². The molecule has 0 aliphatic carbocycles. The molecule has 0 spiro atoms. The fourth-order valence-corrected chi connectivity index (χ4v) is 3.58. The van der Waals surface area contributed by atoms with Crippen molar-refractivity contribution < 1.29 is 45.9 Å². The second-order valence-corrected chi connectivity index (χ2v) is 9.52. The number of amides is 3. The third-order valence-electron chi connectivity index (χ3n) is 5.76. The second-order valence-electron chi connectivity index (χ2n) is 9.08. The van der Waals surface area contributed by atoms with Gasteiger partial charge in [-0.25, -0.2) is 0 Å². The van der Waals surface area contributed by atoms with Crippen molar-refractivity contribution in [3.05, 3.63) is 64.7 Å². The van der Waals surface area contributed by atoms with Gasteiger partial charge in [-0.1, -0.05) is 49.7 Å². The van der Waals surface area contributed by atoms with Crippen molar-refractivity contribution >= 4 is 35.1 Å². The number of rotatable bonds is 11. The van der Waals surface area contributed by atoms with Crippen molar-refractivity contribution in [1.29, 1.82) is 0 Å². The fourth-order valence-electron chi connectivity index (χ4n) is 3.45. The minimum Gasteiger partial charge on any atom is -0.497 e. The first-order chi connectivity index (χ1) is 18.5. The van der Waals surface area contributed by atoms with Gasteiger partial charge in [-0.2, -0.15) is 22.0 Å². The Morgan fingerprint density at radius 3 is 1.82 bits per heavy atom. The van der Waals surface area contributed by atoms with Crippen LogP contribution in [0.25, 0.3) is 0 Å². The lowest BCUT2D eigenvalue weighted by atomic mass is 9.97. The smallest absolute Gasteiger partial charge is 0.452 e. The molecule has 2 aromatic carbocycles. The third kappa shape index (κ3) is 8.13. The van der Waals surface area contributed by atoms with Crippen LogP contribution in [0, 0.1) is 5.92 Å². The van der Waals surface area contributed by atoms with Crippen LogP contribution < -0.4 is 20.7 Å². The third-order valence-corrected chi connectivity index (χ3v) is 6.01. The number of Topliss-reactive ketones (excluding diaryl/α,β-unsaturated/α-hetero) is 1. The zero-order chi connectivity index (χ0) is 30.4. The summed E-state index contributed by atoms with van der Waals surface area (Å²) < 4.78 is 73.6. The predicted octanol–water partition coefficient (Wildman–Crippen LogP) is 4.07. The standard InChI is InChI=1S/C26H27ClF5N3O5/c1-13(2)19(21(36)26(30,31)32)34-23(38)20(15-5-11-18(40-4)12-6-15)35-22(37)14(3)33-24(39)25(28,29)16-7-9-17(27)10-8-16/h5-14,19-20H,1-4H3,(H,33,39)(H,34,38)(H,35,37)/t14-,19-,20-/m0/s1. The number of ether oxygens (including phenoxy) is 1. The molecule has 0 bridgehead atoms. The Morgan fingerprint density at radius 2 is 1.35 bits per heavy atom. The van der Waals surface area contributed by atoms with Gasteiger partial charge in [0.15, 0.2) is 0 Å². The summed E-state index contributed by atoms with van der Waals surface area (Å²) in [6.45, 7) is 3.64. The molecule has 2 rings (SSSR count). The molecule has 3 amide bonds. The SMILES string of the molecule is COc1ccc([C@H](NC(=O)[C@H](C)NC(=O)C(F)(F)c2ccc(Cl)cc2)C(=O)N[C@H](C(=O)C(F)(F)F)C(C)C)cc1. The van der Waals surface area contributed by atoms with E-state index in [9.17, 15) is 41.1 Å². The van der Waals surface area contributed by atoms with Gasteiger partial charge in [0.2, 0.25) is 11.8 Å². The monoisotopic (exact) mass is 591 g/mol. The molecule has 0 radical (unpaired) electrons. The maximum absolute atomic E-state index is 14.6. The maximum Gasteiger partial charge on any atom is 0.452 e. The van der Waals surface area contributed by atoms with Crippen LogP contribution in [0.1, 0.15) is 37.9 Å². The van der Waals surface area contributed by atoms with Gasteiger partial charge in [-0.15, -0.1) is 0 Å². The van der Waals surface area contributed by atoms with Crippen molar-refractivity contribution in [1.82, 2.24) is 16.0 Å². The summed E-state index contributed by atoms with van der Waals surface area (Å²) in [5.41, 5.74) is -0.620. The van der Waals surface area contributed by atoms with E-state index in [0.29, 0.717) is 5.75 Å². The molecule has 0 saturated carbocycles. The highest BCUT2D eigenvalue weighted by Gasteiger charge is 2.46. The fraction of sp³-hybridized carbons (Fsp3) is 0.385. The van der Waals surface area contributed by atoms with E-state index in [1.165, 1.54) is 45.2 Å². The lowest BCUT2D eigenvalue weighted by Crippen LogP contribution is -2.55. The Kier molecular flexibility index (Phi) is 10.6. The molecule has 0 unspecified atom stereocenters. The van der Waals surface area contributed by atoms with Crippen LogP contribution in [0.4, 0.5) is 22.0 Å². The van der Waals surface area contributed by atoms with Crippen LogP contribution in [0.2, 0.25) is 5.02 Å². The van der Waals surface area contributed by atoms with Gasteiger partial charge in [-0.05, 0) is 42.7 Å². The molecule has 0 saturated heterocycles. The highest BCUT2D eigenvalue weighted by atomic mass is 35.5. The van der Waals surface area contributed by atoms with Crippen LogP contribution >= 0.6 is 11.6 Å². The number of carbonyl (C=O) groups excluding carboxylic acids is 4. The van der Waals surface area contributed by atoms with Gasteiger partial charge >= 0.3 is 12.1 Å². The molecule has 8 nitrogen and oxygen atoms in total. The van der Waals surface area contributed by atoms with Gasteiger partial charge in [-0.3, -0.25) is 19.2 Å². The zero-order valence-corrected chi connectivity index (χ0v) is 22.5. The van der Waals surface area contributed by atoms with Crippen molar-refractivity contribution in [2.45, 2.75) is 51.0 Å². The molecule has 14 heteroatoms. The highest BCUT2D eigenvalue weighted by Crippen LogP contribution is 2.29. The molecule has 0 heterocycles. The van der Waals surface area contributed by atoms with Gasteiger partial charge < -0.3 is 20.7 Å². The molecule has 3 atom stereocenters. The van der Waals surface area contributed by atoms with Crippen LogP contribution in [-0.4, -0.2) is 48.9 Å². The number of carbonyl (C=O) groups is 4. The first kappa shape index (κ1) is 32.5. The number of benzene rings is 2. The Bertz CT molecular complexity index is 1220. The molecule has 0 aliphatic heterocycles. The van der Waals surface area contributed by atoms with Crippen molar-refractivity contribution in [3.63, 3.8) is 0 Å². The van der Waals surface area contributed by atoms with E-state index >= 15 is 0 Å². The maximum atomic E-state index is 14.6. The number of hydrogen-bond donors (Lipinski definition) is 3. The van der Waals surface area contributed by atoms with E-state index in [1.807, 2.05) is 10.6 Å². The molecule has 0 fully saturated rings. The van der Waals surface area contributed by atoms with E-state index < -0.39 is 65.2 Å². The lowest BCUT2D eigenvalue weighted by Gasteiger charge is -2.27. The quantitative estimate of drug-likeness (QED) is 0.341. The largest absolute Gasteiger partial charge is 0.497 e. The predicted molar refractivity (Wildman–Crippen MR) is 135 cm³/mol. The first-order valence-electron chi connectivity index (χ1n) is 11.8. The van der Waals surface area contributed by atoms with Gasteiger partial charge in [0.1, 0.15) is 17.8 Å². The molecule has 0 aromatic heterocycles. The normalized spacial score (nSPS) is 14.1. The number of halogens is 6. The first-order valence-corrected chi connectivity index (χ1v) is 12.2. The molecule has 218 valence electrons. The minimum absolute atomic E-state index is 0.0682. The number of alkyl halides is 5. The Balaban J connectivity index is 2.28. The summed E-state index contributed by atoms with van der Waals surface area (Å²) in [5.74, 6) is -11.0. The number of methoxy groups -OCH3 is 1. The summed E-state index contributed by atoms with van der Waals surface area (Å²) in [7, 11) is 1.36. The van der Waals surface area contributed by atoms with Crippen molar-refractivity contribution in [2.75, 3.05) is 7.11 Å². The summed E-state index contributed by atoms with van der Waals surface area (Å²) >= 11 is 5.68. The average molecular weight is 592 g/mol. The number of nitrogens with one attached hydrogen (secondary N) is 3. The molecule has 3 N–H and O–H groups in total. The molecule has 40 heavy (non-hydrogen) atoms. The molecular weight excluding hydrogens is 565 g/mol. The Morgan fingerprint density at radius 1 is 0.800 bits per heavy atom. The number of ketones is 1. The summed E-state index contributed by atoms with van der Waals surface area (Å²) in [5, 5.41) is 6.26. The lowest BCUT2D eigenvalue weighted by molar-refractivity contribution is -0.175. The number of hydrogen-bond acceptors (Lipinski definition) is 5. The van der Waals surface area contributed by atoms with Gasteiger partial charge in [0, 0.05) is 10.6 Å². The van der Waals surface area contributed by atoms with E-state index in [0.717, 1.165) is 31.2 Å². The average Bonchev–Trinajstić information content (AvgIpc) is 2.89. The van der Waals surface area contributed by atoms with Gasteiger partial charge in [0.05, 0.1) is 13.2 Å². The summed E-state index contributed by atoms with van der Waals surface area (Å²) in [6.07, 6.45) is -5.24.